The number of urea groups is 1. The van der Waals surface area contributed by atoms with Gasteiger partial charge in [0.2, 0.25) is 0 Å². The average molecular weight is 337 g/mol. The molecular formula is C16H21ClN4O2. The van der Waals surface area contributed by atoms with Crippen molar-refractivity contribution in [1.82, 2.24) is 15.1 Å². The summed E-state index contributed by atoms with van der Waals surface area (Å²) < 4.78 is 1.67. The van der Waals surface area contributed by atoms with Crippen LogP contribution in [0.15, 0.2) is 30.3 Å². The molecular weight excluding hydrogens is 316 g/mol. The third-order valence-electron chi connectivity index (χ3n) is 3.45. The molecule has 3 N–H and O–H groups in total. The number of halogens is 1. The Bertz CT molecular complexity index is 684. The number of nitrogens with one attached hydrogen (secondary N) is 2. The van der Waals surface area contributed by atoms with Gasteiger partial charge in [0.05, 0.1) is 16.8 Å². The second-order valence-corrected chi connectivity index (χ2v) is 6.09. The number of nitrogens with zero attached hydrogens (tertiary/aromatic N) is 2. The molecule has 0 bridgehead atoms. The van der Waals surface area contributed by atoms with Crippen LogP contribution in [0.1, 0.15) is 19.5 Å². The van der Waals surface area contributed by atoms with Gasteiger partial charge >= 0.3 is 6.03 Å². The smallest absolute Gasteiger partial charge is 0.320 e. The lowest BCUT2D eigenvalue weighted by Crippen LogP contribution is -2.37. The molecule has 1 aromatic heterocycles. The number of rotatable bonds is 5. The molecule has 0 saturated heterocycles. The number of aryl methyl sites for hydroxylation is 1. The first-order valence-electron chi connectivity index (χ1n) is 7.43. The third-order valence-corrected chi connectivity index (χ3v) is 3.77. The minimum atomic E-state index is -0.580. The zero-order valence-electron chi connectivity index (χ0n) is 13.4. The molecule has 1 unspecified atom stereocenters. The molecule has 0 aliphatic rings. The van der Waals surface area contributed by atoms with Crippen LogP contribution in [0.4, 0.5) is 10.6 Å². The van der Waals surface area contributed by atoms with Crippen molar-refractivity contribution in [3.8, 4) is 5.69 Å². The fourth-order valence-electron chi connectivity index (χ4n) is 2.00. The van der Waals surface area contributed by atoms with E-state index in [2.05, 4.69) is 15.7 Å². The van der Waals surface area contributed by atoms with E-state index in [-0.39, 0.29) is 12.5 Å². The number of carbonyl (C=O) groups is 1. The molecule has 1 heterocycles. The maximum atomic E-state index is 11.9. The topological polar surface area (TPSA) is 79.2 Å². The van der Waals surface area contributed by atoms with E-state index in [1.54, 1.807) is 16.8 Å². The molecule has 0 saturated carbocycles. The van der Waals surface area contributed by atoms with E-state index in [1.807, 2.05) is 39.0 Å². The van der Waals surface area contributed by atoms with Gasteiger partial charge in [-0.3, -0.25) is 5.32 Å². The average Bonchev–Trinajstić information content (AvgIpc) is 2.85. The van der Waals surface area contributed by atoms with E-state index < -0.39 is 12.1 Å². The largest absolute Gasteiger partial charge is 0.391 e. The Morgan fingerprint density at radius 3 is 2.74 bits per heavy atom. The summed E-state index contributed by atoms with van der Waals surface area (Å²) in [5, 5.41) is 19.9. The number of hydrogen-bond acceptors (Lipinski definition) is 3. The van der Waals surface area contributed by atoms with Crippen LogP contribution in [0, 0.1) is 12.8 Å². The second kappa shape index (κ2) is 7.48. The predicted octanol–water partition coefficient (Wildman–Crippen LogP) is 2.97. The van der Waals surface area contributed by atoms with Gasteiger partial charge in [0.25, 0.3) is 0 Å². The molecule has 1 aromatic carbocycles. The molecule has 0 spiro atoms. The van der Waals surface area contributed by atoms with Gasteiger partial charge < -0.3 is 10.4 Å². The molecule has 6 nitrogen and oxygen atoms in total. The first-order valence-corrected chi connectivity index (χ1v) is 7.80. The number of aliphatic hydroxyl groups is 1. The van der Waals surface area contributed by atoms with Crippen LogP contribution < -0.4 is 10.6 Å². The molecule has 2 aromatic rings. The Balaban J connectivity index is 2.04. The van der Waals surface area contributed by atoms with Gasteiger partial charge in [0, 0.05) is 18.3 Å². The molecule has 0 fully saturated rings. The highest BCUT2D eigenvalue weighted by Gasteiger charge is 2.13. The Kier molecular flexibility index (Phi) is 5.63. The van der Waals surface area contributed by atoms with E-state index in [1.165, 1.54) is 0 Å². The number of aromatic nitrogens is 2. The predicted molar refractivity (Wildman–Crippen MR) is 91.2 cm³/mol. The van der Waals surface area contributed by atoms with Crippen LogP contribution in [-0.4, -0.2) is 33.6 Å². The summed E-state index contributed by atoms with van der Waals surface area (Å²) in [7, 11) is 0. The van der Waals surface area contributed by atoms with Crippen LogP contribution >= 0.6 is 11.6 Å². The molecule has 1 atom stereocenters. The lowest BCUT2D eigenvalue weighted by molar-refractivity contribution is 0.126. The van der Waals surface area contributed by atoms with E-state index in [9.17, 15) is 9.90 Å². The lowest BCUT2D eigenvalue weighted by atomic mass is 10.1. The van der Waals surface area contributed by atoms with Gasteiger partial charge in [-0.2, -0.15) is 0 Å². The standard InChI is InChI=1S/C16H21ClN4O2/c1-10(2)14(22)9-18-16(23)19-15-8-11(3)21(20-15)13-7-5-4-6-12(13)17/h4-8,10,14,22H,9H2,1-3H3,(H2,18,19,20,23). The van der Waals surface area contributed by atoms with Crippen molar-refractivity contribution in [3.05, 3.63) is 41.0 Å². The molecule has 0 radical (unpaired) electrons. The minimum absolute atomic E-state index is 0.0805. The number of hydrogen-bond donors (Lipinski definition) is 3. The van der Waals surface area contributed by atoms with Crippen LogP contribution in [0.3, 0.4) is 0 Å². The van der Waals surface area contributed by atoms with Crippen molar-refractivity contribution < 1.29 is 9.90 Å². The Morgan fingerprint density at radius 2 is 2.09 bits per heavy atom. The summed E-state index contributed by atoms with van der Waals surface area (Å²) in [5.41, 5.74) is 1.59. The SMILES string of the molecule is Cc1cc(NC(=O)NCC(O)C(C)C)nn1-c1ccccc1Cl. The number of benzene rings is 1. The Hall–Kier alpha value is -2.05. The van der Waals surface area contributed by atoms with Crippen molar-refractivity contribution in [2.45, 2.75) is 26.9 Å². The monoisotopic (exact) mass is 336 g/mol. The number of amides is 2. The fraction of sp³-hybridized carbons (Fsp3) is 0.375. The van der Waals surface area contributed by atoms with Gasteiger partial charge in [0.1, 0.15) is 0 Å². The summed E-state index contributed by atoms with van der Waals surface area (Å²) in [6.45, 7) is 5.84. The quantitative estimate of drug-likeness (QED) is 0.785. The Morgan fingerprint density at radius 1 is 1.39 bits per heavy atom. The van der Waals surface area contributed by atoms with Crippen molar-refractivity contribution in [2.24, 2.45) is 5.92 Å². The molecule has 23 heavy (non-hydrogen) atoms. The van der Waals surface area contributed by atoms with Crippen LogP contribution in [0.25, 0.3) is 5.69 Å². The van der Waals surface area contributed by atoms with E-state index >= 15 is 0 Å². The van der Waals surface area contributed by atoms with E-state index in [0.717, 1.165) is 11.4 Å². The van der Waals surface area contributed by atoms with Crippen molar-refractivity contribution in [2.75, 3.05) is 11.9 Å². The number of para-hydroxylation sites is 1. The normalized spacial score (nSPS) is 12.3. The Labute approximate surface area is 140 Å². The minimum Gasteiger partial charge on any atom is -0.391 e. The maximum absolute atomic E-state index is 11.9. The summed E-state index contributed by atoms with van der Waals surface area (Å²) in [6, 6.07) is 8.69. The summed E-state index contributed by atoms with van der Waals surface area (Å²) in [4.78, 5) is 11.9. The molecule has 0 aliphatic heterocycles. The van der Waals surface area contributed by atoms with Crippen molar-refractivity contribution >= 4 is 23.4 Å². The zero-order valence-corrected chi connectivity index (χ0v) is 14.1. The van der Waals surface area contributed by atoms with E-state index in [0.29, 0.717) is 10.8 Å². The first-order chi connectivity index (χ1) is 10.9. The lowest BCUT2D eigenvalue weighted by Gasteiger charge is -2.14. The highest BCUT2D eigenvalue weighted by Crippen LogP contribution is 2.22. The van der Waals surface area contributed by atoms with Crippen molar-refractivity contribution in [3.63, 3.8) is 0 Å². The molecule has 2 rings (SSSR count). The number of carbonyl (C=O) groups excluding carboxylic acids is 1. The van der Waals surface area contributed by atoms with Gasteiger partial charge in [-0.15, -0.1) is 5.10 Å². The first kappa shape index (κ1) is 17.3. The summed E-state index contributed by atoms with van der Waals surface area (Å²) >= 11 is 6.17. The van der Waals surface area contributed by atoms with Gasteiger partial charge in [-0.25, -0.2) is 9.48 Å². The zero-order chi connectivity index (χ0) is 17.0. The van der Waals surface area contributed by atoms with Crippen LogP contribution in [0.5, 0.6) is 0 Å². The number of aliphatic hydroxyl groups excluding tert-OH is 1. The highest BCUT2D eigenvalue weighted by molar-refractivity contribution is 6.32. The molecule has 7 heteroatoms. The van der Waals surface area contributed by atoms with Gasteiger partial charge in [-0.05, 0) is 25.0 Å². The molecule has 124 valence electrons. The van der Waals surface area contributed by atoms with Crippen LogP contribution in [-0.2, 0) is 0 Å². The molecule has 2 amide bonds. The van der Waals surface area contributed by atoms with Crippen LogP contribution in [0.2, 0.25) is 5.02 Å². The van der Waals surface area contributed by atoms with Crippen molar-refractivity contribution in [1.29, 1.82) is 0 Å². The molecule has 0 aliphatic carbocycles. The maximum Gasteiger partial charge on any atom is 0.320 e. The summed E-state index contributed by atoms with van der Waals surface area (Å²) in [5.74, 6) is 0.496. The third kappa shape index (κ3) is 4.46. The second-order valence-electron chi connectivity index (χ2n) is 5.68. The summed E-state index contributed by atoms with van der Waals surface area (Å²) in [6.07, 6.45) is -0.580. The van der Waals surface area contributed by atoms with Gasteiger partial charge in [0.15, 0.2) is 5.82 Å². The van der Waals surface area contributed by atoms with E-state index in [4.69, 9.17) is 11.6 Å². The fourth-order valence-corrected chi connectivity index (χ4v) is 2.21. The van der Waals surface area contributed by atoms with Gasteiger partial charge in [-0.1, -0.05) is 37.6 Å². The number of anilines is 1. The highest BCUT2D eigenvalue weighted by atomic mass is 35.5.